The first-order chi connectivity index (χ1) is 9.83. The van der Waals surface area contributed by atoms with Gasteiger partial charge in [0, 0.05) is 12.0 Å². The quantitative estimate of drug-likeness (QED) is 0.771. The van der Waals surface area contributed by atoms with Gasteiger partial charge in [0.25, 0.3) is 0 Å². The summed E-state index contributed by atoms with van der Waals surface area (Å²) < 4.78 is 0. The lowest BCUT2D eigenvalue weighted by Gasteiger charge is -2.25. The van der Waals surface area contributed by atoms with E-state index in [-0.39, 0.29) is 11.5 Å². The van der Waals surface area contributed by atoms with Crippen LogP contribution in [-0.2, 0) is 0 Å². The molecule has 0 aliphatic carbocycles. The maximum absolute atomic E-state index is 6.52. The molecular weight excluding hydrogens is 258 g/mol. The molecule has 0 aliphatic rings. The predicted molar refractivity (Wildman–Crippen MR) is 90.5 cm³/mol. The number of nitrogens with two attached hydrogens (primary N) is 1. The van der Waals surface area contributed by atoms with E-state index >= 15 is 0 Å². The maximum Gasteiger partial charge on any atom is 0.0241 e. The second kappa shape index (κ2) is 9.32. The molecule has 0 spiro atoms. The Morgan fingerprint density at radius 1 is 0.810 bits per heavy atom. The van der Waals surface area contributed by atoms with E-state index in [0.29, 0.717) is 5.92 Å². The van der Waals surface area contributed by atoms with Crippen molar-refractivity contribution < 1.29 is 5.48 Å². The van der Waals surface area contributed by atoms with Crippen LogP contribution >= 0.6 is 0 Å². The van der Waals surface area contributed by atoms with Crippen LogP contribution in [0, 0.1) is 0 Å². The van der Waals surface area contributed by atoms with Crippen LogP contribution < -0.4 is 5.73 Å². The third-order valence-corrected chi connectivity index (χ3v) is 3.89. The van der Waals surface area contributed by atoms with E-state index < -0.39 is 0 Å². The van der Waals surface area contributed by atoms with E-state index in [1.165, 1.54) is 30.4 Å². The fourth-order valence-corrected chi connectivity index (χ4v) is 2.80. The molecule has 0 aromatic heterocycles. The molecule has 2 aromatic carbocycles. The molecule has 114 valence electrons. The highest BCUT2D eigenvalue weighted by atomic mass is 16.0. The van der Waals surface area contributed by atoms with Crippen LogP contribution in [0.1, 0.15) is 49.7 Å². The Morgan fingerprint density at radius 2 is 1.29 bits per heavy atom. The third-order valence-electron chi connectivity index (χ3n) is 3.89. The maximum atomic E-state index is 6.52. The summed E-state index contributed by atoms with van der Waals surface area (Å²) in [6, 6.07) is 21.5. The lowest BCUT2D eigenvalue weighted by Crippen LogP contribution is -2.29. The Morgan fingerprint density at radius 3 is 1.71 bits per heavy atom. The summed E-state index contributed by atoms with van der Waals surface area (Å²) in [5, 5.41) is 0. The van der Waals surface area contributed by atoms with E-state index in [1.54, 1.807) is 0 Å². The van der Waals surface area contributed by atoms with E-state index in [2.05, 4.69) is 67.6 Å². The average Bonchev–Trinajstić information content (AvgIpc) is 2.50. The van der Waals surface area contributed by atoms with Crippen molar-refractivity contribution in [2.75, 3.05) is 0 Å². The zero-order chi connectivity index (χ0) is 14.2. The van der Waals surface area contributed by atoms with Crippen LogP contribution in [0.3, 0.4) is 0 Å². The van der Waals surface area contributed by atoms with E-state index in [1.807, 2.05) is 0 Å². The summed E-state index contributed by atoms with van der Waals surface area (Å²) in [5.74, 6) is 0.300. The lowest BCUT2D eigenvalue weighted by atomic mass is 9.83. The van der Waals surface area contributed by atoms with Gasteiger partial charge in [-0.2, -0.15) is 0 Å². The number of unbranched alkanes of at least 4 members (excludes halogenated alkanes) is 2. The minimum Gasteiger partial charge on any atom is -0.412 e. The van der Waals surface area contributed by atoms with Gasteiger partial charge in [-0.1, -0.05) is 86.8 Å². The molecule has 0 amide bonds. The molecular formula is C19H27NO. The monoisotopic (exact) mass is 285 g/mol. The molecule has 1 atom stereocenters. The molecule has 0 fully saturated rings. The van der Waals surface area contributed by atoms with E-state index in [4.69, 9.17) is 5.73 Å². The van der Waals surface area contributed by atoms with Crippen molar-refractivity contribution in [2.24, 2.45) is 5.73 Å². The van der Waals surface area contributed by atoms with Crippen molar-refractivity contribution >= 4 is 0 Å². The summed E-state index contributed by atoms with van der Waals surface area (Å²) in [6.45, 7) is 2.23. The van der Waals surface area contributed by atoms with Crippen molar-refractivity contribution in [3.8, 4) is 0 Å². The highest BCUT2D eigenvalue weighted by Gasteiger charge is 2.21. The Balaban J connectivity index is 0.00000220. The molecule has 2 aromatic rings. The van der Waals surface area contributed by atoms with Gasteiger partial charge < -0.3 is 11.2 Å². The van der Waals surface area contributed by atoms with Gasteiger partial charge in [-0.15, -0.1) is 0 Å². The molecule has 2 heteroatoms. The molecule has 0 aliphatic heterocycles. The fraction of sp³-hybridized carbons (Fsp3) is 0.368. The van der Waals surface area contributed by atoms with Crippen LogP contribution in [0.25, 0.3) is 0 Å². The molecule has 0 saturated heterocycles. The Labute approximate surface area is 128 Å². The van der Waals surface area contributed by atoms with Crippen LogP contribution in [0.5, 0.6) is 0 Å². The first-order valence-corrected chi connectivity index (χ1v) is 7.68. The summed E-state index contributed by atoms with van der Waals surface area (Å²) in [5.41, 5.74) is 9.17. The van der Waals surface area contributed by atoms with Gasteiger partial charge in [0.15, 0.2) is 0 Å². The number of benzene rings is 2. The third kappa shape index (κ3) is 5.00. The smallest absolute Gasteiger partial charge is 0.0241 e. The van der Waals surface area contributed by atoms with Gasteiger partial charge in [-0.3, -0.25) is 0 Å². The normalized spacial score (nSPS) is 12.0. The number of rotatable bonds is 7. The molecule has 2 rings (SSSR count). The zero-order valence-corrected chi connectivity index (χ0v) is 12.8. The highest BCUT2D eigenvalue weighted by molar-refractivity contribution is 5.34. The lowest BCUT2D eigenvalue weighted by molar-refractivity contribution is 0.515. The van der Waals surface area contributed by atoms with Crippen LogP contribution in [0.2, 0.25) is 0 Å². The van der Waals surface area contributed by atoms with Gasteiger partial charge in [0.1, 0.15) is 0 Å². The molecule has 0 radical (unpaired) electrons. The Bertz CT molecular complexity index is 444. The van der Waals surface area contributed by atoms with Gasteiger partial charge >= 0.3 is 0 Å². The fourth-order valence-electron chi connectivity index (χ4n) is 2.80. The van der Waals surface area contributed by atoms with Gasteiger partial charge in [0.2, 0.25) is 0 Å². The summed E-state index contributed by atoms with van der Waals surface area (Å²) in [7, 11) is 0. The van der Waals surface area contributed by atoms with Gasteiger partial charge in [-0.25, -0.2) is 0 Å². The molecule has 21 heavy (non-hydrogen) atoms. The minimum absolute atomic E-state index is 0. The minimum atomic E-state index is 0. The topological polar surface area (TPSA) is 57.5 Å². The number of hydrogen-bond acceptors (Lipinski definition) is 1. The molecule has 4 N–H and O–H groups in total. The van der Waals surface area contributed by atoms with Gasteiger partial charge in [0.05, 0.1) is 0 Å². The van der Waals surface area contributed by atoms with Crippen molar-refractivity contribution in [3.05, 3.63) is 71.8 Å². The van der Waals surface area contributed by atoms with Crippen molar-refractivity contribution in [2.45, 2.75) is 44.6 Å². The highest BCUT2D eigenvalue weighted by Crippen LogP contribution is 2.29. The van der Waals surface area contributed by atoms with E-state index in [9.17, 15) is 0 Å². The van der Waals surface area contributed by atoms with Crippen LogP contribution in [0.4, 0.5) is 0 Å². The zero-order valence-electron chi connectivity index (χ0n) is 12.8. The molecule has 0 saturated carbocycles. The van der Waals surface area contributed by atoms with Crippen molar-refractivity contribution in [1.29, 1.82) is 0 Å². The molecule has 1 unspecified atom stereocenters. The average molecular weight is 285 g/mol. The molecule has 0 heterocycles. The van der Waals surface area contributed by atoms with Crippen molar-refractivity contribution in [3.63, 3.8) is 0 Å². The Hall–Kier alpha value is -1.64. The summed E-state index contributed by atoms with van der Waals surface area (Å²) >= 11 is 0. The van der Waals surface area contributed by atoms with Crippen LogP contribution in [-0.4, -0.2) is 11.5 Å². The SMILES string of the molecule is CCCCCC(N)C(c1ccccc1)c1ccccc1.O. The number of hydrogen-bond donors (Lipinski definition) is 1. The van der Waals surface area contributed by atoms with Crippen molar-refractivity contribution in [1.82, 2.24) is 0 Å². The first kappa shape index (κ1) is 17.4. The molecule has 0 bridgehead atoms. The van der Waals surface area contributed by atoms with E-state index in [0.717, 1.165) is 6.42 Å². The van der Waals surface area contributed by atoms with Crippen LogP contribution in [0.15, 0.2) is 60.7 Å². The summed E-state index contributed by atoms with van der Waals surface area (Å²) in [6.07, 6.45) is 4.81. The summed E-state index contributed by atoms with van der Waals surface area (Å²) in [4.78, 5) is 0. The Kier molecular flexibility index (Phi) is 7.73. The molecule has 2 nitrogen and oxygen atoms in total. The predicted octanol–water partition coefficient (Wildman–Crippen LogP) is 3.90. The second-order valence-corrected chi connectivity index (χ2v) is 5.46. The van der Waals surface area contributed by atoms with Gasteiger partial charge in [-0.05, 0) is 17.5 Å². The first-order valence-electron chi connectivity index (χ1n) is 7.68. The largest absolute Gasteiger partial charge is 0.412 e. The standard InChI is InChI=1S/C19H25N.H2O/c1-2-3-6-15-18(20)19(16-11-7-4-8-12-16)17-13-9-5-10-14-17;/h4-5,7-14,18-19H,2-3,6,15,20H2,1H3;1H2. The second-order valence-electron chi connectivity index (χ2n) is 5.46.